The summed E-state index contributed by atoms with van der Waals surface area (Å²) in [5.41, 5.74) is 4.04. The maximum atomic E-state index is 15.4. The van der Waals surface area contributed by atoms with E-state index in [9.17, 15) is 9.59 Å². The maximum Gasteiger partial charge on any atom is 0.335 e. The van der Waals surface area contributed by atoms with Gasteiger partial charge in [-0.25, -0.2) is 14.0 Å². The van der Waals surface area contributed by atoms with Crippen molar-refractivity contribution >= 4 is 11.9 Å². The van der Waals surface area contributed by atoms with Gasteiger partial charge in [0, 0.05) is 6.07 Å². The third-order valence-corrected chi connectivity index (χ3v) is 9.06. The van der Waals surface area contributed by atoms with Gasteiger partial charge in [0.15, 0.2) is 0 Å². The van der Waals surface area contributed by atoms with Crippen LogP contribution >= 0.6 is 0 Å². The van der Waals surface area contributed by atoms with Crippen LogP contribution in [0.1, 0.15) is 69.8 Å². The van der Waals surface area contributed by atoms with Gasteiger partial charge in [-0.2, -0.15) is 0 Å². The third-order valence-electron chi connectivity index (χ3n) is 9.06. The van der Waals surface area contributed by atoms with Crippen molar-refractivity contribution in [2.45, 2.75) is 64.2 Å². The zero-order valence-electron chi connectivity index (χ0n) is 29.0. The largest absolute Gasteiger partial charge is 0.490 e. The first-order valence-corrected chi connectivity index (χ1v) is 17.4. The highest BCUT2D eigenvalue weighted by Crippen LogP contribution is 2.40. The van der Waals surface area contributed by atoms with Crippen LogP contribution < -0.4 is 9.47 Å². The van der Waals surface area contributed by atoms with Crippen molar-refractivity contribution in [3.63, 3.8) is 0 Å². The molecule has 1 aliphatic rings. The van der Waals surface area contributed by atoms with Crippen molar-refractivity contribution < 1.29 is 43.1 Å². The van der Waals surface area contributed by atoms with E-state index in [0.29, 0.717) is 11.5 Å². The van der Waals surface area contributed by atoms with Crippen molar-refractivity contribution in [2.75, 3.05) is 39.6 Å². The van der Waals surface area contributed by atoms with Crippen LogP contribution in [0.15, 0.2) is 85.0 Å². The van der Waals surface area contributed by atoms with Crippen molar-refractivity contribution in [3.05, 3.63) is 96.3 Å². The second kappa shape index (κ2) is 19.6. The van der Waals surface area contributed by atoms with Gasteiger partial charge in [0.1, 0.15) is 43.7 Å². The third kappa shape index (κ3) is 11.3. The number of hydrogen-bond donors (Lipinski definition) is 2. The Morgan fingerprint density at radius 2 is 1.22 bits per heavy atom. The number of aliphatic hydroxyl groups excluding tert-OH is 2. The fourth-order valence-corrected chi connectivity index (χ4v) is 6.16. The Morgan fingerprint density at radius 3 is 1.72 bits per heavy atom. The normalized spacial score (nSPS) is 15.6. The summed E-state index contributed by atoms with van der Waals surface area (Å²) in [6.07, 6.45) is 9.58. The van der Waals surface area contributed by atoms with E-state index in [1.165, 1.54) is 38.5 Å². The number of ether oxygens (including phenoxy) is 4. The number of carbonyl (C=O) groups excluding carboxylic acids is 2. The molecule has 0 amide bonds. The summed E-state index contributed by atoms with van der Waals surface area (Å²) in [5, 5.41) is 18.1. The Balaban J connectivity index is 1.43. The Bertz CT molecular complexity index is 1540. The van der Waals surface area contributed by atoms with E-state index in [1.54, 1.807) is 12.1 Å². The number of halogens is 1. The Labute approximate surface area is 294 Å². The number of benzene rings is 3. The molecule has 1 saturated carbocycles. The van der Waals surface area contributed by atoms with Crippen LogP contribution in [0.2, 0.25) is 0 Å². The van der Waals surface area contributed by atoms with Crippen LogP contribution in [0.4, 0.5) is 4.39 Å². The lowest BCUT2D eigenvalue weighted by Gasteiger charge is -2.29. The second-order valence-electron chi connectivity index (χ2n) is 12.7. The van der Waals surface area contributed by atoms with Crippen molar-refractivity contribution in [1.82, 2.24) is 0 Å². The van der Waals surface area contributed by atoms with Gasteiger partial charge >= 0.3 is 11.9 Å². The van der Waals surface area contributed by atoms with Crippen molar-refractivity contribution in [1.29, 1.82) is 0 Å². The van der Waals surface area contributed by atoms with E-state index in [1.807, 2.05) is 48.5 Å². The summed E-state index contributed by atoms with van der Waals surface area (Å²) in [4.78, 5) is 23.6. The average molecular weight is 689 g/mol. The Morgan fingerprint density at radius 1 is 0.700 bits per heavy atom. The molecule has 50 heavy (non-hydrogen) atoms. The van der Waals surface area contributed by atoms with E-state index in [2.05, 4.69) is 20.1 Å². The van der Waals surface area contributed by atoms with Crippen LogP contribution in [0, 0.1) is 11.7 Å². The molecule has 1 fully saturated rings. The highest BCUT2D eigenvalue weighted by molar-refractivity contribution is 5.88. The Kier molecular flexibility index (Phi) is 15.1. The molecule has 0 bridgehead atoms. The second-order valence-corrected chi connectivity index (χ2v) is 12.7. The fourth-order valence-electron chi connectivity index (χ4n) is 6.16. The van der Waals surface area contributed by atoms with Crippen LogP contribution in [0.3, 0.4) is 0 Å². The minimum atomic E-state index is -0.706. The molecule has 0 heterocycles. The number of hydrogen-bond acceptors (Lipinski definition) is 8. The number of esters is 2. The standard InChI is InChI=1S/C41H49FO8/c1-4-5-6-7-30-8-10-33(11-9-30)38-17-16-34(24-39(38)42)31-12-14-32(15-13-31)35-22-36(47-18-20-49-40(45)28(2)26-43)25-37(23-35)48-19-21-50-41(46)29(3)27-44/h12-17,22-25,30,33,43-44H,2-11,18-21,26-27H2,1H3. The molecule has 8 nitrogen and oxygen atoms in total. The molecule has 0 atom stereocenters. The zero-order chi connectivity index (χ0) is 35.9. The van der Waals surface area contributed by atoms with E-state index >= 15 is 4.39 Å². The minimum Gasteiger partial charge on any atom is -0.490 e. The lowest BCUT2D eigenvalue weighted by molar-refractivity contribution is -0.141. The topological polar surface area (TPSA) is 112 Å². The molecule has 0 unspecified atom stereocenters. The van der Waals surface area contributed by atoms with Gasteiger partial charge in [0.25, 0.3) is 0 Å². The maximum absolute atomic E-state index is 15.4. The van der Waals surface area contributed by atoms with Gasteiger partial charge in [0.2, 0.25) is 0 Å². The summed E-state index contributed by atoms with van der Waals surface area (Å²) in [6.45, 7) is 8.08. The molecule has 3 aromatic rings. The zero-order valence-corrected chi connectivity index (χ0v) is 29.0. The molecule has 4 rings (SSSR count). The van der Waals surface area contributed by atoms with E-state index < -0.39 is 25.2 Å². The SMILES string of the molecule is C=C(CO)C(=O)OCCOc1cc(OCCOC(=O)C(=C)CO)cc(-c2ccc(-c3ccc(C4CCC(CCCCC)CC4)c(F)c3)cc2)c1. The van der Waals surface area contributed by atoms with Gasteiger partial charge in [-0.05, 0) is 83.5 Å². The first-order valence-electron chi connectivity index (χ1n) is 17.4. The smallest absolute Gasteiger partial charge is 0.335 e. The van der Waals surface area contributed by atoms with Crippen molar-refractivity contribution in [3.8, 4) is 33.8 Å². The van der Waals surface area contributed by atoms with Crippen LogP contribution in [0.25, 0.3) is 22.3 Å². The lowest BCUT2D eigenvalue weighted by Crippen LogP contribution is -2.15. The Hall–Kier alpha value is -4.47. The fraction of sp³-hybridized carbons (Fsp3) is 0.415. The summed E-state index contributed by atoms with van der Waals surface area (Å²) in [6, 6.07) is 18.7. The number of carbonyl (C=O) groups is 2. The summed E-state index contributed by atoms with van der Waals surface area (Å²) >= 11 is 0. The molecule has 3 aromatic carbocycles. The van der Waals surface area contributed by atoms with E-state index in [4.69, 9.17) is 29.2 Å². The van der Waals surface area contributed by atoms with Crippen LogP contribution in [0.5, 0.6) is 11.5 Å². The van der Waals surface area contributed by atoms with E-state index in [-0.39, 0.29) is 49.3 Å². The molecule has 0 saturated heterocycles. The van der Waals surface area contributed by atoms with Crippen LogP contribution in [-0.4, -0.2) is 61.8 Å². The molecule has 2 N–H and O–H groups in total. The van der Waals surface area contributed by atoms with Gasteiger partial charge in [0.05, 0.1) is 24.4 Å². The van der Waals surface area contributed by atoms with Gasteiger partial charge in [-0.3, -0.25) is 0 Å². The molecule has 268 valence electrons. The minimum absolute atomic E-state index is 0.0368. The molecular weight excluding hydrogens is 639 g/mol. The predicted octanol–water partition coefficient (Wildman–Crippen LogP) is 7.95. The molecular formula is C41H49FO8. The molecule has 0 aliphatic heterocycles. The molecule has 9 heteroatoms. The first kappa shape index (κ1) is 38.3. The monoisotopic (exact) mass is 688 g/mol. The van der Waals surface area contributed by atoms with Crippen molar-refractivity contribution in [2.24, 2.45) is 5.92 Å². The van der Waals surface area contributed by atoms with Gasteiger partial charge in [-0.15, -0.1) is 0 Å². The molecule has 0 spiro atoms. The summed E-state index contributed by atoms with van der Waals surface area (Å²) < 4.78 is 37.3. The number of rotatable bonds is 19. The highest BCUT2D eigenvalue weighted by Gasteiger charge is 2.24. The quantitative estimate of drug-likeness (QED) is 0.0742. The predicted molar refractivity (Wildman–Crippen MR) is 191 cm³/mol. The molecule has 0 radical (unpaired) electrons. The molecule has 0 aromatic heterocycles. The number of unbranched alkanes of at least 4 members (excludes halogenated alkanes) is 2. The first-order chi connectivity index (χ1) is 24.2. The molecule has 1 aliphatic carbocycles. The summed E-state index contributed by atoms with van der Waals surface area (Å²) in [5.74, 6) is 0.377. The average Bonchev–Trinajstić information content (AvgIpc) is 3.14. The van der Waals surface area contributed by atoms with Gasteiger partial charge in [-0.1, -0.05) is 82.2 Å². The van der Waals surface area contributed by atoms with Crippen LogP contribution in [-0.2, 0) is 19.1 Å². The highest BCUT2D eigenvalue weighted by atomic mass is 19.1. The summed E-state index contributed by atoms with van der Waals surface area (Å²) in [7, 11) is 0. The van der Waals surface area contributed by atoms with Gasteiger partial charge < -0.3 is 29.2 Å². The van der Waals surface area contributed by atoms with E-state index in [0.717, 1.165) is 46.6 Å². The number of aliphatic hydroxyl groups is 2. The lowest BCUT2D eigenvalue weighted by atomic mass is 9.76.